The average Bonchev–Trinajstić information content (AvgIpc) is 2.63. The first-order valence-electron chi connectivity index (χ1n) is 8.17. The second-order valence-electron chi connectivity index (χ2n) is 5.96. The number of aliphatic hydroxyl groups excluding tert-OH is 1. The van der Waals surface area contributed by atoms with Crippen LogP contribution < -0.4 is 4.90 Å². The van der Waals surface area contributed by atoms with Gasteiger partial charge in [0.2, 0.25) is 0 Å². The smallest absolute Gasteiger partial charge is 0.109 e. The van der Waals surface area contributed by atoms with Crippen LogP contribution in [-0.4, -0.2) is 54.3 Å². The molecule has 2 N–H and O–H groups in total. The number of rotatable bonds is 4. The molecule has 3 rings (SSSR count). The van der Waals surface area contributed by atoms with Crippen molar-refractivity contribution in [2.75, 3.05) is 39.3 Å². The molecule has 1 aliphatic heterocycles. The summed E-state index contributed by atoms with van der Waals surface area (Å²) in [6.07, 6.45) is 0. The lowest BCUT2D eigenvalue weighted by Gasteiger charge is -2.33. The first-order chi connectivity index (χ1) is 11.3. The maximum Gasteiger partial charge on any atom is 0.109 e. The van der Waals surface area contributed by atoms with E-state index in [4.69, 9.17) is 17.3 Å². The first kappa shape index (κ1) is 16.1. The summed E-state index contributed by atoms with van der Waals surface area (Å²) in [5.74, 6) is 0. The summed E-state index contributed by atoms with van der Waals surface area (Å²) < 4.78 is 0. The molecule has 0 saturated carbocycles. The molecule has 3 nitrogen and oxygen atoms in total. The molecule has 120 valence electrons. The molecule has 4 heteroatoms. The molecule has 2 aromatic carbocycles. The molecule has 1 heterocycles. The fourth-order valence-corrected chi connectivity index (χ4v) is 3.37. The summed E-state index contributed by atoms with van der Waals surface area (Å²) in [6.45, 7) is 5.13. The van der Waals surface area contributed by atoms with Crippen molar-refractivity contribution in [2.45, 2.75) is 0 Å². The van der Waals surface area contributed by atoms with E-state index in [2.05, 4.69) is 53.4 Å². The van der Waals surface area contributed by atoms with Crippen molar-refractivity contribution < 1.29 is 10.0 Å². The van der Waals surface area contributed by atoms with Crippen molar-refractivity contribution >= 4 is 17.2 Å². The molecule has 0 aliphatic carbocycles. The Morgan fingerprint density at radius 1 is 0.957 bits per heavy atom. The van der Waals surface area contributed by atoms with Gasteiger partial charge in [0.15, 0.2) is 0 Å². The van der Waals surface area contributed by atoms with Crippen molar-refractivity contribution in [1.82, 2.24) is 4.90 Å². The number of thiocarbonyl (C=S) groups is 1. The summed E-state index contributed by atoms with van der Waals surface area (Å²) in [5, 5.41) is 9.03. The third-order valence-electron chi connectivity index (χ3n) is 4.46. The van der Waals surface area contributed by atoms with Crippen molar-refractivity contribution in [2.24, 2.45) is 0 Å². The Morgan fingerprint density at radius 3 is 2.17 bits per heavy atom. The fourth-order valence-electron chi connectivity index (χ4n) is 3.05. The maximum absolute atomic E-state index is 9.03. The monoisotopic (exact) mass is 327 g/mol. The number of hydrogen-bond donors (Lipinski definition) is 2. The van der Waals surface area contributed by atoms with E-state index in [1.807, 2.05) is 6.07 Å². The Labute approximate surface area is 143 Å². The molecule has 0 radical (unpaired) electrons. The van der Waals surface area contributed by atoms with Gasteiger partial charge in [-0.1, -0.05) is 66.8 Å². The van der Waals surface area contributed by atoms with Gasteiger partial charge in [0, 0.05) is 5.56 Å². The fraction of sp³-hybridized carbons (Fsp3) is 0.316. The average molecular weight is 327 g/mol. The highest BCUT2D eigenvalue weighted by Crippen LogP contribution is 2.20. The van der Waals surface area contributed by atoms with Crippen LogP contribution in [0.5, 0.6) is 0 Å². The van der Waals surface area contributed by atoms with E-state index < -0.39 is 0 Å². The van der Waals surface area contributed by atoms with Gasteiger partial charge in [0.25, 0.3) is 0 Å². The quantitative estimate of drug-likeness (QED) is 0.827. The molecule has 0 atom stereocenters. The van der Waals surface area contributed by atoms with Gasteiger partial charge in [-0.25, -0.2) is 0 Å². The van der Waals surface area contributed by atoms with Crippen molar-refractivity contribution in [3.8, 4) is 11.1 Å². The van der Waals surface area contributed by atoms with Crippen LogP contribution in [0.3, 0.4) is 0 Å². The highest BCUT2D eigenvalue weighted by atomic mass is 32.1. The van der Waals surface area contributed by atoms with Crippen LogP contribution in [-0.2, 0) is 0 Å². The normalized spacial score (nSPS) is 15.6. The van der Waals surface area contributed by atoms with Gasteiger partial charge >= 0.3 is 0 Å². The zero-order valence-electron chi connectivity index (χ0n) is 13.2. The van der Waals surface area contributed by atoms with Crippen LogP contribution in [0.1, 0.15) is 5.56 Å². The molecular weight excluding hydrogens is 304 g/mol. The van der Waals surface area contributed by atoms with Crippen LogP contribution >= 0.6 is 12.2 Å². The predicted octanol–water partition coefficient (Wildman–Crippen LogP) is 1.22. The molecule has 0 bridgehead atoms. The first-order valence-corrected chi connectivity index (χ1v) is 8.58. The number of nitrogens with one attached hydrogen (secondary N) is 1. The van der Waals surface area contributed by atoms with Crippen LogP contribution in [0, 0.1) is 0 Å². The predicted molar refractivity (Wildman–Crippen MR) is 97.8 cm³/mol. The molecule has 23 heavy (non-hydrogen) atoms. The Balaban J connectivity index is 1.64. The molecule has 1 fully saturated rings. The van der Waals surface area contributed by atoms with E-state index in [0.717, 1.165) is 43.3 Å². The summed E-state index contributed by atoms with van der Waals surface area (Å²) in [4.78, 5) is 4.69. The molecule has 0 aromatic heterocycles. The SMILES string of the molecule is OCC[NH+]1CCN(C(=S)c2ccc(-c3ccccc3)cc2)CC1. The van der Waals surface area contributed by atoms with Crippen LogP contribution in [0.15, 0.2) is 54.6 Å². The molecule has 1 aliphatic rings. The number of hydrogen-bond acceptors (Lipinski definition) is 2. The van der Waals surface area contributed by atoms with Gasteiger partial charge in [-0.3, -0.25) is 0 Å². The van der Waals surface area contributed by atoms with E-state index in [9.17, 15) is 0 Å². The largest absolute Gasteiger partial charge is 0.391 e. The highest BCUT2D eigenvalue weighted by Gasteiger charge is 2.21. The third-order valence-corrected chi connectivity index (χ3v) is 4.96. The Bertz CT molecular complexity index is 634. The standard InChI is InChI=1S/C19H22N2OS/c22-15-14-20-10-12-21(13-11-20)19(23)18-8-6-17(7-9-18)16-4-2-1-3-5-16/h1-9,22H,10-15H2/p+1. The van der Waals surface area contributed by atoms with Gasteiger partial charge in [0.1, 0.15) is 11.5 Å². The minimum Gasteiger partial charge on any atom is -0.391 e. The minimum atomic E-state index is 0.265. The lowest BCUT2D eigenvalue weighted by atomic mass is 10.0. The zero-order valence-corrected chi connectivity index (χ0v) is 14.1. The van der Waals surface area contributed by atoms with E-state index in [-0.39, 0.29) is 6.61 Å². The number of piperazine rings is 1. The lowest BCUT2D eigenvalue weighted by molar-refractivity contribution is -0.904. The number of benzene rings is 2. The van der Waals surface area contributed by atoms with Gasteiger partial charge in [-0.2, -0.15) is 0 Å². The number of aliphatic hydroxyl groups is 1. The zero-order chi connectivity index (χ0) is 16.1. The lowest BCUT2D eigenvalue weighted by Crippen LogP contribution is -3.15. The molecular formula is C19H23N2OS+. The second-order valence-corrected chi connectivity index (χ2v) is 6.35. The summed E-state index contributed by atoms with van der Waals surface area (Å²) in [6, 6.07) is 18.9. The van der Waals surface area contributed by atoms with E-state index in [1.165, 1.54) is 16.0 Å². The van der Waals surface area contributed by atoms with Crippen LogP contribution in [0.2, 0.25) is 0 Å². The highest BCUT2D eigenvalue weighted by molar-refractivity contribution is 7.80. The summed E-state index contributed by atoms with van der Waals surface area (Å²) >= 11 is 5.67. The van der Waals surface area contributed by atoms with E-state index in [0.29, 0.717) is 0 Å². The molecule has 1 saturated heterocycles. The van der Waals surface area contributed by atoms with Crippen LogP contribution in [0.25, 0.3) is 11.1 Å². The van der Waals surface area contributed by atoms with Crippen LogP contribution in [0.4, 0.5) is 0 Å². The maximum atomic E-state index is 9.03. The topological polar surface area (TPSA) is 27.9 Å². The Morgan fingerprint density at radius 2 is 1.57 bits per heavy atom. The molecule has 0 unspecified atom stereocenters. The van der Waals surface area contributed by atoms with E-state index >= 15 is 0 Å². The molecule has 0 amide bonds. The van der Waals surface area contributed by atoms with Crippen molar-refractivity contribution in [3.63, 3.8) is 0 Å². The Hall–Kier alpha value is -1.75. The van der Waals surface area contributed by atoms with Gasteiger partial charge in [-0.05, 0) is 11.1 Å². The van der Waals surface area contributed by atoms with Gasteiger partial charge in [-0.15, -0.1) is 0 Å². The number of nitrogens with zero attached hydrogens (tertiary/aromatic N) is 1. The number of quaternary nitrogens is 1. The summed E-state index contributed by atoms with van der Waals surface area (Å²) in [5.41, 5.74) is 3.56. The van der Waals surface area contributed by atoms with Crippen molar-refractivity contribution in [1.29, 1.82) is 0 Å². The van der Waals surface area contributed by atoms with Gasteiger partial charge < -0.3 is 14.9 Å². The third kappa shape index (κ3) is 3.96. The van der Waals surface area contributed by atoms with Crippen molar-refractivity contribution in [3.05, 3.63) is 60.2 Å². The van der Waals surface area contributed by atoms with E-state index in [1.54, 1.807) is 0 Å². The second kappa shape index (κ2) is 7.68. The summed E-state index contributed by atoms with van der Waals surface area (Å²) in [7, 11) is 0. The molecule has 2 aromatic rings. The minimum absolute atomic E-state index is 0.265. The van der Waals surface area contributed by atoms with Gasteiger partial charge in [0.05, 0.1) is 32.8 Å². The molecule has 0 spiro atoms. The Kier molecular flexibility index (Phi) is 5.39.